The van der Waals surface area contributed by atoms with Crippen LogP contribution in [-0.4, -0.2) is 25.4 Å². The Bertz CT molecular complexity index is 762. The fourth-order valence-electron chi connectivity index (χ4n) is 2.16. The minimum Gasteiger partial charge on any atom is -0.477 e. The van der Waals surface area contributed by atoms with Gasteiger partial charge in [-0.2, -0.15) is 5.10 Å². The quantitative estimate of drug-likeness (QED) is 0.911. The molecule has 7 heteroatoms. The Kier molecular flexibility index (Phi) is 4.32. The molecule has 21 heavy (non-hydrogen) atoms. The number of aryl methyl sites for hydroxylation is 3. The third-order valence-electron chi connectivity index (χ3n) is 3.40. The summed E-state index contributed by atoms with van der Waals surface area (Å²) in [5, 5.41) is 13.5. The highest BCUT2D eigenvalue weighted by Gasteiger charge is 2.15. The number of carbonyl (C=O) groups is 1. The average Bonchev–Trinajstić information content (AvgIpc) is 2.68. The lowest BCUT2D eigenvalue weighted by atomic mass is 10.2. The molecule has 0 aliphatic rings. The summed E-state index contributed by atoms with van der Waals surface area (Å²) in [4.78, 5) is 22.7. The van der Waals surface area contributed by atoms with Crippen molar-refractivity contribution in [2.75, 3.05) is 0 Å². The summed E-state index contributed by atoms with van der Waals surface area (Å²) in [5.74, 6) is -1.22. The molecule has 0 aliphatic carbocycles. The summed E-state index contributed by atoms with van der Waals surface area (Å²) in [6.45, 7) is 4.23. The Morgan fingerprint density at radius 1 is 1.48 bits per heavy atom. The summed E-state index contributed by atoms with van der Waals surface area (Å²) in [5.41, 5.74) is 1.87. The van der Waals surface area contributed by atoms with Crippen molar-refractivity contribution in [2.45, 2.75) is 26.8 Å². The number of rotatable bonds is 4. The van der Waals surface area contributed by atoms with Crippen LogP contribution in [0, 0.1) is 6.92 Å². The number of nitrogens with zero attached hydrogens (tertiary/aromatic N) is 3. The maximum absolute atomic E-state index is 11.6. The Balaban J connectivity index is 2.49. The van der Waals surface area contributed by atoms with E-state index in [1.54, 1.807) is 16.2 Å². The molecule has 2 aromatic heterocycles. The van der Waals surface area contributed by atoms with Gasteiger partial charge >= 0.3 is 5.97 Å². The summed E-state index contributed by atoms with van der Waals surface area (Å²) in [6.07, 6.45) is 2.18. The van der Waals surface area contributed by atoms with E-state index in [1.807, 2.05) is 14.0 Å². The number of carboxylic acids is 1. The number of pyridine rings is 1. The normalized spacial score (nSPS) is 10.9. The third-order valence-corrected chi connectivity index (χ3v) is 4.31. The first-order chi connectivity index (χ1) is 9.85. The first kappa shape index (κ1) is 15.5. The van der Waals surface area contributed by atoms with Crippen LogP contribution >= 0.6 is 15.9 Å². The van der Waals surface area contributed by atoms with Gasteiger partial charge < -0.3 is 9.67 Å². The predicted molar refractivity (Wildman–Crippen MR) is 81.8 cm³/mol. The van der Waals surface area contributed by atoms with E-state index in [2.05, 4.69) is 21.0 Å². The lowest BCUT2D eigenvalue weighted by Gasteiger charge is -2.12. The van der Waals surface area contributed by atoms with E-state index < -0.39 is 11.4 Å². The minimum atomic E-state index is -1.22. The van der Waals surface area contributed by atoms with Gasteiger partial charge in [0, 0.05) is 25.0 Å². The van der Waals surface area contributed by atoms with Crippen molar-refractivity contribution in [3.8, 4) is 0 Å². The van der Waals surface area contributed by atoms with Crippen LogP contribution in [0.2, 0.25) is 0 Å². The SMILES string of the molecule is CCc1nn(C)c(Cn2cc(C(=O)O)c(=O)cc2C)c1Br. The molecule has 0 spiro atoms. The molecule has 2 heterocycles. The number of aromatic nitrogens is 3. The van der Waals surface area contributed by atoms with Crippen molar-refractivity contribution < 1.29 is 9.90 Å². The van der Waals surface area contributed by atoms with Crippen LogP contribution in [0.25, 0.3) is 0 Å². The average molecular weight is 354 g/mol. The zero-order valence-electron chi connectivity index (χ0n) is 12.1. The van der Waals surface area contributed by atoms with Crippen molar-refractivity contribution in [3.63, 3.8) is 0 Å². The zero-order valence-corrected chi connectivity index (χ0v) is 13.6. The van der Waals surface area contributed by atoms with Crippen molar-refractivity contribution in [3.05, 3.63) is 49.6 Å². The molecule has 1 N–H and O–H groups in total. The highest BCUT2D eigenvalue weighted by Crippen LogP contribution is 2.22. The van der Waals surface area contributed by atoms with E-state index in [1.165, 1.54) is 12.3 Å². The molecule has 0 bridgehead atoms. The molecule has 0 atom stereocenters. The van der Waals surface area contributed by atoms with Gasteiger partial charge in [-0.25, -0.2) is 4.79 Å². The molecule has 0 amide bonds. The number of halogens is 1. The van der Waals surface area contributed by atoms with Crippen LogP contribution in [0.5, 0.6) is 0 Å². The number of carboxylic acid groups (broad SMARTS) is 1. The Hall–Kier alpha value is -1.89. The summed E-state index contributed by atoms with van der Waals surface area (Å²) in [7, 11) is 1.84. The van der Waals surface area contributed by atoms with Crippen LogP contribution < -0.4 is 5.43 Å². The van der Waals surface area contributed by atoms with Crippen molar-refractivity contribution in [2.24, 2.45) is 7.05 Å². The largest absolute Gasteiger partial charge is 0.477 e. The van der Waals surface area contributed by atoms with Gasteiger partial charge in [-0.05, 0) is 29.3 Å². The molecule has 0 radical (unpaired) electrons. The number of hydrogen-bond acceptors (Lipinski definition) is 3. The Morgan fingerprint density at radius 3 is 2.67 bits per heavy atom. The van der Waals surface area contributed by atoms with Gasteiger partial charge in [-0.3, -0.25) is 9.48 Å². The topological polar surface area (TPSA) is 77.1 Å². The fourth-order valence-corrected chi connectivity index (χ4v) is 2.90. The molecule has 112 valence electrons. The number of hydrogen-bond donors (Lipinski definition) is 1. The molecular formula is C14H16BrN3O3. The predicted octanol–water partition coefficient (Wildman–Crippen LogP) is 1.96. The molecule has 2 aromatic rings. The Labute approximate surface area is 130 Å². The second-order valence-corrected chi connectivity index (χ2v) is 5.60. The van der Waals surface area contributed by atoms with E-state index in [0.717, 1.165) is 22.3 Å². The smallest absolute Gasteiger partial charge is 0.341 e. The molecule has 0 aliphatic heterocycles. The first-order valence-corrected chi connectivity index (χ1v) is 7.29. The van der Waals surface area contributed by atoms with Gasteiger partial charge in [0.2, 0.25) is 0 Å². The maximum Gasteiger partial charge on any atom is 0.341 e. The molecule has 6 nitrogen and oxygen atoms in total. The molecule has 0 unspecified atom stereocenters. The van der Waals surface area contributed by atoms with Crippen molar-refractivity contribution >= 4 is 21.9 Å². The van der Waals surface area contributed by atoms with E-state index in [4.69, 9.17) is 5.11 Å². The molecule has 0 saturated heterocycles. The van der Waals surface area contributed by atoms with Crippen LogP contribution in [0.1, 0.15) is 34.4 Å². The van der Waals surface area contributed by atoms with Crippen LogP contribution in [0.15, 0.2) is 21.5 Å². The number of aromatic carboxylic acids is 1. The van der Waals surface area contributed by atoms with Gasteiger partial charge in [0.05, 0.1) is 22.4 Å². The fraction of sp³-hybridized carbons (Fsp3) is 0.357. The first-order valence-electron chi connectivity index (χ1n) is 6.49. The van der Waals surface area contributed by atoms with Gasteiger partial charge in [0.15, 0.2) is 5.43 Å². The maximum atomic E-state index is 11.6. The van der Waals surface area contributed by atoms with Crippen molar-refractivity contribution in [1.29, 1.82) is 0 Å². The lowest BCUT2D eigenvalue weighted by Crippen LogP contribution is -2.20. The highest BCUT2D eigenvalue weighted by molar-refractivity contribution is 9.10. The van der Waals surface area contributed by atoms with E-state index in [9.17, 15) is 9.59 Å². The highest BCUT2D eigenvalue weighted by atomic mass is 79.9. The molecule has 0 fully saturated rings. The molecule has 0 aromatic carbocycles. The molecular weight excluding hydrogens is 338 g/mol. The summed E-state index contributed by atoms with van der Waals surface area (Å²) >= 11 is 3.53. The van der Waals surface area contributed by atoms with Crippen molar-refractivity contribution in [1.82, 2.24) is 14.3 Å². The summed E-state index contributed by atoms with van der Waals surface area (Å²) in [6, 6.07) is 1.34. The lowest BCUT2D eigenvalue weighted by molar-refractivity contribution is 0.0694. The van der Waals surface area contributed by atoms with Gasteiger partial charge in [-0.15, -0.1) is 0 Å². The van der Waals surface area contributed by atoms with E-state index >= 15 is 0 Å². The van der Waals surface area contributed by atoms with Crippen LogP contribution in [0.3, 0.4) is 0 Å². The standard InChI is InChI=1S/C14H16BrN3O3/c1-4-10-13(15)11(17(3)16-10)7-18-6-9(14(20)21)12(19)5-8(18)2/h5-6H,4,7H2,1-3H3,(H,20,21). The van der Waals surface area contributed by atoms with Crippen LogP contribution in [-0.2, 0) is 20.0 Å². The zero-order chi connectivity index (χ0) is 15.7. The second-order valence-electron chi connectivity index (χ2n) is 4.81. The van der Waals surface area contributed by atoms with Crippen LogP contribution in [0.4, 0.5) is 0 Å². The van der Waals surface area contributed by atoms with Gasteiger partial charge in [0.25, 0.3) is 0 Å². The third kappa shape index (κ3) is 2.92. The minimum absolute atomic E-state index is 0.227. The second kappa shape index (κ2) is 5.85. The van der Waals surface area contributed by atoms with E-state index in [-0.39, 0.29) is 5.56 Å². The summed E-state index contributed by atoms with van der Waals surface area (Å²) < 4.78 is 4.43. The molecule has 2 rings (SSSR count). The van der Waals surface area contributed by atoms with E-state index in [0.29, 0.717) is 12.2 Å². The van der Waals surface area contributed by atoms with Gasteiger partial charge in [-0.1, -0.05) is 6.92 Å². The Morgan fingerprint density at radius 2 is 2.14 bits per heavy atom. The molecule has 0 saturated carbocycles. The monoisotopic (exact) mass is 353 g/mol. The van der Waals surface area contributed by atoms with Gasteiger partial charge in [0.1, 0.15) is 5.56 Å².